The van der Waals surface area contributed by atoms with Gasteiger partial charge in [0.15, 0.2) is 0 Å². The number of amides is 3. The molecule has 0 atom stereocenters. The molecule has 0 heterocycles. The van der Waals surface area contributed by atoms with Crippen molar-refractivity contribution in [3.05, 3.63) is 52.5 Å². The molecular weight excluding hydrogens is 325 g/mol. The van der Waals surface area contributed by atoms with E-state index in [-0.39, 0.29) is 5.91 Å². The van der Waals surface area contributed by atoms with Crippen molar-refractivity contribution >= 4 is 52.2 Å². The maximum Gasteiger partial charge on any atom is 0.323 e. The summed E-state index contributed by atoms with van der Waals surface area (Å²) in [7, 11) is 0. The van der Waals surface area contributed by atoms with Gasteiger partial charge in [0.05, 0.1) is 10.0 Å². The van der Waals surface area contributed by atoms with Gasteiger partial charge in [-0.3, -0.25) is 4.79 Å². The second kappa shape index (κ2) is 7.15. The molecule has 3 amide bonds. The Hall–Kier alpha value is -2.24. The first-order valence-corrected chi connectivity index (χ1v) is 7.10. The van der Waals surface area contributed by atoms with Crippen LogP contribution in [0.2, 0.25) is 10.0 Å². The maximum atomic E-state index is 11.9. The molecule has 2 aromatic rings. The van der Waals surface area contributed by atoms with Gasteiger partial charge in [0, 0.05) is 24.0 Å². The number of anilines is 3. The van der Waals surface area contributed by atoms with Crippen molar-refractivity contribution in [2.24, 2.45) is 0 Å². The summed E-state index contributed by atoms with van der Waals surface area (Å²) in [6.45, 7) is 1.43. The van der Waals surface area contributed by atoms with Crippen LogP contribution in [0.1, 0.15) is 6.92 Å². The number of rotatable bonds is 3. The number of carbonyl (C=O) groups excluding carboxylic acids is 2. The summed E-state index contributed by atoms with van der Waals surface area (Å²) in [6, 6.07) is 11.1. The lowest BCUT2D eigenvalue weighted by molar-refractivity contribution is -0.114. The summed E-state index contributed by atoms with van der Waals surface area (Å²) in [5.41, 5.74) is 1.77. The van der Waals surface area contributed by atoms with Crippen molar-refractivity contribution in [2.45, 2.75) is 6.92 Å². The zero-order valence-corrected chi connectivity index (χ0v) is 13.1. The molecule has 0 aliphatic heterocycles. The molecule has 7 heteroatoms. The van der Waals surface area contributed by atoms with Gasteiger partial charge >= 0.3 is 6.03 Å². The van der Waals surface area contributed by atoms with Gasteiger partial charge in [0.2, 0.25) is 5.91 Å². The van der Waals surface area contributed by atoms with Crippen LogP contribution in [0.4, 0.5) is 21.9 Å². The van der Waals surface area contributed by atoms with Gasteiger partial charge in [-0.25, -0.2) is 4.79 Å². The molecule has 0 bridgehead atoms. The van der Waals surface area contributed by atoms with Crippen LogP contribution in [0, 0.1) is 0 Å². The van der Waals surface area contributed by atoms with E-state index in [9.17, 15) is 9.59 Å². The first-order valence-electron chi connectivity index (χ1n) is 6.35. The highest BCUT2D eigenvalue weighted by Gasteiger charge is 2.05. The summed E-state index contributed by atoms with van der Waals surface area (Å²) in [6.07, 6.45) is 0. The standard InChI is InChI=1S/C15H13Cl2N3O2/c1-9(21)18-10-2-4-11(5-3-10)19-15(22)20-12-6-7-13(16)14(17)8-12/h2-8H,1H3,(H,18,21)(H2,19,20,22). The van der Waals surface area contributed by atoms with Gasteiger partial charge in [0.25, 0.3) is 0 Å². The zero-order chi connectivity index (χ0) is 16.1. The van der Waals surface area contributed by atoms with E-state index in [1.165, 1.54) is 6.92 Å². The summed E-state index contributed by atoms with van der Waals surface area (Å²) in [5.74, 6) is -0.155. The monoisotopic (exact) mass is 337 g/mol. The van der Waals surface area contributed by atoms with Crippen molar-refractivity contribution in [3.63, 3.8) is 0 Å². The maximum absolute atomic E-state index is 11.9. The average molecular weight is 338 g/mol. The van der Waals surface area contributed by atoms with Gasteiger partial charge in [-0.1, -0.05) is 23.2 Å². The molecule has 0 fully saturated rings. The lowest BCUT2D eigenvalue weighted by Crippen LogP contribution is -2.19. The third-order valence-electron chi connectivity index (χ3n) is 2.64. The molecule has 0 aliphatic rings. The number of halogens is 2. The second-order valence-electron chi connectivity index (χ2n) is 4.47. The fourth-order valence-electron chi connectivity index (χ4n) is 1.71. The molecule has 0 saturated carbocycles. The van der Waals surface area contributed by atoms with Gasteiger partial charge in [-0.15, -0.1) is 0 Å². The predicted octanol–water partition coefficient (Wildman–Crippen LogP) is 4.60. The molecule has 0 spiro atoms. The minimum absolute atomic E-state index is 0.155. The van der Waals surface area contributed by atoms with Crippen molar-refractivity contribution in [1.82, 2.24) is 0 Å². The van der Waals surface area contributed by atoms with E-state index in [4.69, 9.17) is 23.2 Å². The molecule has 0 aromatic heterocycles. The van der Waals surface area contributed by atoms with Crippen LogP contribution in [-0.4, -0.2) is 11.9 Å². The Morgan fingerprint density at radius 1 is 0.773 bits per heavy atom. The number of hydrogen-bond acceptors (Lipinski definition) is 2. The topological polar surface area (TPSA) is 70.2 Å². The number of hydrogen-bond donors (Lipinski definition) is 3. The van der Waals surface area contributed by atoms with Gasteiger partial charge in [-0.2, -0.15) is 0 Å². The van der Waals surface area contributed by atoms with Crippen LogP contribution >= 0.6 is 23.2 Å². The van der Waals surface area contributed by atoms with Crippen molar-refractivity contribution in [1.29, 1.82) is 0 Å². The molecule has 0 unspecified atom stereocenters. The largest absolute Gasteiger partial charge is 0.326 e. The second-order valence-corrected chi connectivity index (χ2v) is 5.28. The lowest BCUT2D eigenvalue weighted by Gasteiger charge is -2.09. The molecule has 2 rings (SSSR count). The van der Waals surface area contributed by atoms with Crippen molar-refractivity contribution in [2.75, 3.05) is 16.0 Å². The first kappa shape index (κ1) is 16.1. The lowest BCUT2D eigenvalue weighted by atomic mass is 10.3. The first-order chi connectivity index (χ1) is 10.4. The van der Waals surface area contributed by atoms with Crippen LogP contribution in [0.5, 0.6) is 0 Å². The summed E-state index contributed by atoms with van der Waals surface area (Å²) >= 11 is 11.7. The summed E-state index contributed by atoms with van der Waals surface area (Å²) in [5, 5.41) is 8.73. The van der Waals surface area contributed by atoms with Crippen LogP contribution in [0.15, 0.2) is 42.5 Å². The molecule has 5 nitrogen and oxygen atoms in total. The Labute approximate surface area is 137 Å². The summed E-state index contributed by atoms with van der Waals surface area (Å²) < 4.78 is 0. The minimum atomic E-state index is -0.411. The molecule has 3 N–H and O–H groups in total. The van der Waals surface area contributed by atoms with Crippen molar-refractivity contribution < 1.29 is 9.59 Å². The van der Waals surface area contributed by atoms with E-state index < -0.39 is 6.03 Å². The zero-order valence-electron chi connectivity index (χ0n) is 11.6. The van der Waals surface area contributed by atoms with Crippen molar-refractivity contribution in [3.8, 4) is 0 Å². The van der Waals surface area contributed by atoms with Crippen LogP contribution in [0.3, 0.4) is 0 Å². The number of carbonyl (C=O) groups is 2. The molecule has 0 aliphatic carbocycles. The number of urea groups is 1. The van der Waals surface area contributed by atoms with E-state index in [1.807, 2.05) is 0 Å². The highest BCUT2D eigenvalue weighted by molar-refractivity contribution is 6.42. The third kappa shape index (κ3) is 4.65. The fourth-order valence-corrected chi connectivity index (χ4v) is 2.01. The highest BCUT2D eigenvalue weighted by atomic mass is 35.5. The molecule has 22 heavy (non-hydrogen) atoms. The molecule has 0 saturated heterocycles. The molecule has 2 aromatic carbocycles. The SMILES string of the molecule is CC(=O)Nc1ccc(NC(=O)Nc2ccc(Cl)c(Cl)c2)cc1. The van der Waals surface area contributed by atoms with E-state index in [2.05, 4.69) is 16.0 Å². The van der Waals surface area contributed by atoms with E-state index in [0.717, 1.165) is 0 Å². The fraction of sp³-hybridized carbons (Fsp3) is 0.0667. The number of benzene rings is 2. The highest BCUT2D eigenvalue weighted by Crippen LogP contribution is 2.25. The molecule has 0 radical (unpaired) electrons. The number of nitrogens with one attached hydrogen (secondary N) is 3. The van der Waals surface area contributed by atoms with Gasteiger partial charge in [0.1, 0.15) is 0 Å². The average Bonchev–Trinajstić information content (AvgIpc) is 2.44. The van der Waals surface area contributed by atoms with E-state index in [0.29, 0.717) is 27.1 Å². The van der Waals surface area contributed by atoms with E-state index in [1.54, 1.807) is 42.5 Å². The Morgan fingerprint density at radius 3 is 1.82 bits per heavy atom. The van der Waals surface area contributed by atoms with Crippen LogP contribution < -0.4 is 16.0 Å². The van der Waals surface area contributed by atoms with E-state index >= 15 is 0 Å². The van der Waals surface area contributed by atoms with Gasteiger partial charge < -0.3 is 16.0 Å². The Bertz CT molecular complexity index is 702. The quantitative estimate of drug-likeness (QED) is 0.766. The molecular formula is C15H13Cl2N3O2. The van der Waals surface area contributed by atoms with Gasteiger partial charge in [-0.05, 0) is 42.5 Å². The smallest absolute Gasteiger partial charge is 0.323 e. The predicted molar refractivity (Wildman–Crippen MR) is 89.8 cm³/mol. The third-order valence-corrected chi connectivity index (χ3v) is 3.38. The Balaban J connectivity index is 1.96. The van der Waals surface area contributed by atoms with Crippen LogP contribution in [-0.2, 0) is 4.79 Å². The Kier molecular flexibility index (Phi) is 5.25. The Morgan fingerprint density at radius 2 is 1.27 bits per heavy atom. The normalized spacial score (nSPS) is 9.95. The molecule has 114 valence electrons. The summed E-state index contributed by atoms with van der Waals surface area (Å²) in [4.78, 5) is 22.8. The van der Waals surface area contributed by atoms with Crippen LogP contribution in [0.25, 0.3) is 0 Å². The minimum Gasteiger partial charge on any atom is -0.326 e.